The lowest BCUT2D eigenvalue weighted by atomic mass is 9.71. The molecule has 2 aliphatic heterocycles. The summed E-state index contributed by atoms with van der Waals surface area (Å²) in [6.45, 7) is -1.52. The predicted molar refractivity (Wildman–Crippen MR) is 135 cm³/mol. The first kappa shape index (κ1) is 30.2. The Bertz CT molecular complexity index is 1360. The van der Waals surface area contributed by atoms with Gasteiger partial charge >= 0.3 is 5.97 Å². The second-order valence-corrected chi connectivity index (χ2v) is 10.4. The van der Waals surface area contributed by atoms with Gasteiger partial charge in [0.15, 0.2) is 0 Å². The molecule has 2 fully saturated rings. The summed E-state index contributed by atoms with van der Waals surface area (Å²) in [6, 6.07) is 6.03. The molecule has 0 amide bonds. The summed E-state index contributed by atoms with van der Waals surface area (Å²) in [6.07, 6.45) is -16.6. The monoisotopic (exact) mass is 594 g/mol. The Labute approximate surface area is 237 Å². The summed E-state index contributed by atoms with van der Waals surface area (Å²) in [7, 11) is 0. The van der Waals surface area contributed by atoms with E-state index in [1.165, 1.54) is 18.2 Å². The van der Waals surface area contributed by atoms with E-state index in [1.807, 2.05) is 0 Å². The van der Waals surface area contributed by atoms with Crippen molar-refractivity contribution >= 4 is 11.8 Å². The molecule has 42 heavy (non-hydrogen) atoms. The van der Waals surface area contributed by atoms with Crippen molar-refractivity contribution in [2.75, 3.05) is 13.2 Å². The molecule has 5 rings (SSSR count). The van der Waals surface area contributed by atoms with Crippen LogP contribution in [0.25, 0.3) is 0 Å². The van der Waals surface area contributed by atoms with Crippen molar-refractivity contribution in [3.63, 3.8) is 0 Å². The van der Waals surface area contributed by atoms with Crippen LogP contribution in [0, 0.1) is 0 Å². The fourth-order valence-electron chi connectivity index (χ4n) is 5.76. The number of carboxylic acids is 1. The first-order valence-electron chi connectivity index (χ1n) is 13.0. The number of aliphatic hydroxyl groups excluding tert-OH is 8. The highest BCUT2D eigenvalue weighted by Crippen LogP contribution is 2.48. The molecule has 0 radical (unpaired) electrons. The van der Waals surface area contributed by atoms with Crippen LogP contribution >= 0.6 is 0 Å². The Morgan fingerprint density at radius 3 is 2.02 bits per heavy atom. The number of hydrogen-bond acceptors (Lipinski definition) is 14. The number of aliphatic hydroxyl groups is 8. The maximum absolute atomic E-state index is 13.9. The SMILES string of the molecule is O=C(O)c1cc(O)c2c(c1)[C@H]([C@H]1O[C@H](CO)[C@@H](O)[C@H](O)[C@@H]1O)c1cccc(O[C@@H]3O[C@H](CO)[C@@H](O)[C@H](O)[C@H]3O)c1C2=O. The van der Waals surface area contributed by atoms with Gasteiger partial charge in [0.05, 0.1) is 36.0 Å². The summed E-state index contributed by atoms with van der Waals surface area (Å²) in [5.74, 6) is -4.60. The van der Waals surface area contributed by atoms with E-state index in [2.05, 4.69) is 0 Å². The largest absolute Gasteiger partial charge is 0.507 e. The molecule has 15 nitrogen and oxygen atoms in total. The van der Waals surface area contributed by atoms with Gasteiger partial charge in [-0.3, -0.25) is 4.79 Å². The van der Waals surface area contributed by atoms with Crippen LogP contribution in [0.1, 0.15) is 43.3 Å². The van der Waals surface area contributed by atoms with Crippen LogP contribution in [0.4, 0.5) is 0 Å². The minimum Gasteiger partial charge on any atom is -0.507 e. The summed E-state index contributed by atoms with van der Waals surface area (Å²) in [5.41, 5.74) is -1.09. The fraction of sp³-hybridized carbons (Fsp3) is 0.481. The third kappa shape index (κ3) is 4.83. The number of carbonyl (C=O) groups is 2. The Morgan fingerprint density at radius 2 is 1.40 bits per heavy atom. The van der Waals surface area contributed by atoms with Crippen LogP contribution in [0.3, 0.4) is 0 Å². The second-order valence-electron chi connectivity index (χ2n) is 10.4. The molecular weight excluding hydrogens is 564 g/mol. The van der Waals surface area contributed by atoms with Gasteiger partial charge in [-0.25, -0.2) is 4.79 Å². The third-order valence-corrected chi connectivity index (χ3v) is 7.93. The second kappa shape index (κ2) is 11.5. The van der Waals surface area contributed by atoms with Crippen LogP contribution < -0.4 is 4.74 Å². The quantitative estimate of drug-likeness (QED) is 0.158. The van der Waals surface area contributed by atoms with Gasteiger partial charge in [0.25, 0.3) is 0 Å². The van der Waals surface area contributed by atoms with Gasteiger partial charge in [0.2, 0.25) is 12.1 Å². The van der Waals surface area contributed by atoms with E-state index in [0.717, 1.165) is 12.1 Å². The number of ketones is 1. The number of phenolic OH excluding ortho intramolecular Hbond substituents is 1. The first-order chi connectivity index (χ1) is 19.9. The summed E-state index contributed by atoms with van der Waals surface area (Å²) < 4.78 is 16.9. The van der Waals surface area contributed by atoms with Gasteiger partial charge in [-0.05, 0) is 29.3 Å². The number of carboxylic acid groups (broad SMARTS) is 1. The first-order valence-corrected chi connectivity index (χ1v) is 13.0. The lowest BCUT2D eigenvalue weighted by Crippen LogP contribution is -2.60. The van der Waals surface area contributed by atoms with E-state index >= 15 is 0 Å². The summed E-state index contributed by atoms with van der Waals surface area (Å²) >= 11 is 0. The van der Waals surface area contributed by atoms with Crippen molar-refractivity contribution in [3.05, 3.63) is 58.1 Å². The predicted octanol–water partition coefficient (Wildman–Crippen LogP) is -3.21. The molecule has 1 aliphatic carbocycles. The molecular formula is C27H30O15. The zero-order valence-electron chi connectivity index (χ0n) is 21.7. The number of phenols is 1. The highest BCUT2D eigenvalue weighted by Gasteiger charge is 2.51. The maximum atomic E-state index is 13.9. The van der Waals surface area contributed by atoms with Gasteiger partial charge in [-0.1, -0.05) is 12.1 Å². The number of carbonyl (C=O) groups excluding carboxylic acids is 1. The number of fused-ring (bicyclic) bond motifs is 2. The third-order valence-electron chi connectivity index (χ3n) is 7.93. The van der Waals surface area contributed by atoms with Crippen molar-refractivity contribution in [2.45, 2.75) is 67.1 Å². The lowest BCUT2D eigenvalue weighted by molar-refractivity contribution is -0.277. The molecule has 0 aromatic heterocycles. The molecule has 2 saturated heterocycles. The van der Waals surface area contributed by atoms with E-state index in [1.54, 1.807) is 0 Å². The van der Waals surface area contributed by atoms with Gasteiger partial charge < -0.3 is 65.3 Å². The molecule has 2 aromatic carbocycles. The van der Waals surface area contributed by atoms with Crippen molar-refractivity contribution in [2.24, 2.45) is 0 Å². The van der Waals surface area contributed by atoms with Crippen LogP contribution in [0.15, 0.2) is 30.3 Å². The van der Waals surface area contributed by atoms with Crippen LogP contribution in [-0.2, 0) is 9.47 Å². The minimum atomic E-state index is -1.84. The zero-order valence-corrected chi connectivity index (χ0v) is 21.7. The van der Waals surface area contributed by atoms with Crippen molar-refractivity contribution < 1.29 is 74.9 Å². The van der Waals surface area contributed by atoms with Crippen LogP contribution in [0.5, 0.6) is 11.5 Å². The number of ether oxygens (including phenoxy) is 3. The molecule has 3 aliphatic rings. The Balaban J connectivity index is 1.66. The maximum Gasteiger partial charge on any atom is 0.335 e. The standard InChI is InChI=1S/C27H30O15/c28-6-13-18(31)21(34)23(36)25(40-13)15-9-2-1-3-12(41-27-24(37)22(35)19(32)14(7-29)42-27)17(9)20(33)16-10(15)4-8(26(38)39)5-11(16)30/h1-5,13-15,18-19,21-25,27-32,34-37H,6-7H2,(H,38,39)/t13-,14-,15-,18-,19-,21+,22+,23+,24-,25-,27-/m1/s1. The molecule has 10 N–H and O–H groups in total. The number of aromatic hydroxyl groups is 1. The summed E-state index contributed by atoms with van der Waals surface area (Å²) in [4.78, 5) is 25.7. The Kier molecular flexibility index (Phi) is 8.25. The molecule has 228 valence electrons. The highest BCUT2D eigenvalue weighted by molar-refractivity contribution is 6.16. The van der Waals surface area contributed by atoms with Gasteiger partial charge in [-0.15, -0.1) is 0 Å². The average Bonchev–Trinajstić information content (AvgIpc) is 2.96. The number of rotatable bonds is 6. The van der Waals surface area contributed by atoms with Gasteiger partial charge in [0, 0.05) is 5.92 Å². The fourth-order valence-corrected chi connectivity index (χ4v) is 5.76. The highest BCUT2D eigenvalue weighted by atomic mass is 16.7. The number of benzene rings is 2. The molecule has 15 heteroatoms. The van der Waals surface area contributed by atoms with E-state index in [-0.39, 0.29) is 28.0 Å². The van der Waals surface area contributed by atoms with Gasteiger partial charge in [-0.2, -0.15) is 0 Å². The molecule has 11 atom stereocenters. The van der Waals surface area contributed by atoms with Crippen molar-refractivity contribution in [1.82, 2.24) is 0 Å². The van der Waals surface area contributed by atoms with E-state index in [0.29, 0.717) is 0 Å². The van der Waals surface area contributed by atoms with Crippen molar-refractivity contribution in [1.29, 1.82) is 0 Å². The van der Waals surface area contributed by atoms with Crippen molar-refractivity contribution in [3.8, 4) is 11.5 Å². The average molecular weight is 595 g/mol. The molecule has 0 spiro atoms. The lowest BCUT2D eigenvalue weighted by Gasteiger charge is -2.45. The number of aromatic carboxylic acids is 1. The smallest absolute Gasteiger partial charge is 0.335 e. The Morgan fingerprint density at radius 1 is 0.786 bits per heavy atom. The zero-order chi connectivity index (χ0) is 30.6. The molecule has 0 unspecified atom stereocenters. The van der Waals surface area contributed by atoms with E-state index in [4.69, 9.17) is 14.2 Å². The normalized spacial score (nSPS) is 36.2. The topological polar surface area (TPSA) is 264 Å². The molecule has 0 bridgehead atoms. The van der Waals surface area contributed by atoms with Crippen LogP contribution in [-0.4, -0.2) is 137 Å². The number of hydrogen-bond donors (Lipinski definition) is 10. The van der Waals surface area contributed by atoms with E-state index < -0.39 is 103 Å². The molecule has 2 aromatic rings. The van der Waals surface area contributed by atoms with E-state index in [9.17, 15) is 60.7 Å². The van der Waals surface area contributed by atoms with Crippen LogP contribution in [0.2, 0.25) is 0 Å². The Hall–Kier alpha value is -3.22. The summed E-state index contributed by atoms with van der Waals surface area (Å²) in [5, 5.41) is 102. The minimum absolute atomic E-state index is 0.0564. The van der Waals surface area contributed by atoms with Gasteiger partial charge in [0.1, 0.15) is 60.3 Å². The molecule has 0 saturated carbocycles. The molecule has 2 heterocycles.